The molecule has 0 aliphatic carbocycles. The molecule has 0 aromatic carbocycles. The van der Waals surface area contributed by atoms with Gasteiger partial charge in [0, 0.05) is 37.0 Å². The SMILES string of the molecule is CCNC(=NCc1noc(C(C)(C)C)n1)NC1CCN(C(=O)C(C)C)C1.I. The van der Waals surface area contributed by atoms with Gasteiger partial charge in [0.25, 0.3) is 0 Å². The van der Waals surface area contributed by atoms with Crippen molar-refractivity contribution < 1.29 is 9.32 Å². The predicted molar refractivity (Wildman–Crippen MR) is 116 cm³/mol. The number of nitrogens with one attached hydrogen (secondary N) is 2. The second-order valence-corrected chi connectivity index (χ2v) is 8.03. The van der Waals surface area contributed by atoms with Gasteiger partial charge in [-0.3, -0.25) is 4.79 Å². The van der Waals surface area contributed by atoms with Crippen molar-refractivity contribution in [2.24, 2.45) is 10.9 Å². The van der Waals surface area contributed by atoms with Crippen LogP contribution in [0.15, 0.2) is 9.52 Å². The van der Waals surface area contributed by atoms with Gasteiger partial charge < -0.3 is 20.1 Å². The van der Waals surface area contributed by atoms with Gasteiger partial charge in [0.2, 0.25) is 11.8 Å². The Morgan fingerprint density at radius 3 is 2.67 bits per heavy atom. The van der Waals surface area contributed by atoms with Gasteiger partial charge in [0.05, 0.1) is 0 Å². The van der Waals surface area contributed by atoms with Crippen LogP contribution in [0.5, 0.6) is 0 Å². The molecule has 154 valence electrons. The summed E-state index contributed by atoms with van der Waals surface area (Å²) < 4.78 is 5.30. The molecule has 27 heavy (non-hydrogen) atoms. The molecule has 9 heteroatoms. The van der Waals surface area contributed by atoms with Gasteiger partial charge in [0.15, 0.2) is 11.8 Å². The van der Waals surface area contributed by atoms with Crippen molar-refractivity contribution in [1.29, 1.82) is 0 Å². The number of carbonyl (C=O) groups excluding carboxylic acids is 1. The summed E-state index contributed by atoms with van der Waals surface area (Å²) in [5, 5.41) is 10.6. The molecule has 0 saturated carbocycles. The van der Waals surface area contributed by atoms with Crippen molar-refractivity contribution in [1.82, 2.24) is 25.7 Å². The lowest BCUT2D eigenvalue weighted by Crippen LogP contribution is -2.45. The highest BCUT2D eigenvalue weighted by molar-refractivity contribution is 14.0. The van der Waals surface area contributed by atoms with Gasteiger partial charge in [-0.1, -0.05) is 39.8 Å². The van der Waals surface area contributed by atoms with Crippen molar-refractivity contribution >= 4 is 35.8 Å². The Hall–Kier alpha value is -1.39. The molecule has 8 nitrogen and oxygen atoms in total. The zero-order chi connectivity index (χ0) is 19.3. The Bertz CT molecular complexity index is 638. The summed E-state index contributed by atoms with van der Waals surface area (Å²) in [4.78, 5) is 23.0. The van der Waals surface area contributed by atoms with E-state index in [2.05, 4.69) is 25.8 Å². The van der Waals surface area contributed by atoms with Gasteiger partial charge >= 0.3 is 0 Å². The standard InChI is InChI=1S/C18H32N6O2.HI/c1-7-19-17(20-10-14-22-16(26-23-14)18(4,5)6)21-13-8-9-24(11-13)15(25)12(2)3;/h12-13H,7-11H2,1-6H3,(H2,19,20,21);1H. The number of likely N-dealkylation sites (tertiary alicyclic amines) is 1. The van der Waals surface area contributed by atoms with E-state index in [0.29, 0.717) is 30.8 Å². The zero-order valence-corrected chi connectivity index (χ0v) is 19.5. The predicted octanol–water partition coefficient (Wildman–Crippen LogP) is 2.30. The van der Waals surface area contributed by atoms with Crippen LogP contribution in [0.4, 0.5) is 0 Å². The summed E-state index contributed by atoms with van der Waals surface area (Å²) in [5.74, 6) is 2.12. The van der Waals surface area contributed by atoms with Crippen molar-refractivity contribution in [3.05, 3.63) is 11.7 Å². The van der Waals surface area contributed by atoms with Crippen LogP contribution >= 0.6 is 24.0 Å². The van der Waals surface area contributed by atoms with Gasteiger partial charge in [-0.05, 0) is 13.3 Å². The lowest BCUT2D eigenvalue weighted by molar-refractivity contribution is -0.133. The van der Waals surface area contributed by atoms with Gasteiger partial charge in [-0.15, -0.1) is 24.0 Å². The molecule has 1 atom stereocenters. The maximum absolute atomic E-state index is 12.1. The summed E-state index contributed by atoms with van der Waals surface area (Å²) in [6, 6.07) is 0.200. The molecule has 1 aromatic rings. The van der Waals surface area contributed by atoms with Crippen molar-refractivity contribution in [2.45, 2.75) is 66.0 Å². The van der Waals surface area contributed by atoms with E-state index in [1.807, 2.05) is 46.4 Å². The molecule has 0 bridgehead atoms. The molecule has 2 heterocycles. The molecule has 0 radical (unpaired) electrons. The molecule has 1 aliphatic heterocycles. The lowest BCUT2D eigenvalue weighted by atomic mass is 9.97. The fourth-order valence-corrected chi connectivity index (χ4v) is 2.73. The fraction of sp³-hybridized carbons (Fsp3) is 0.778. The third kappa shape index (κ3) is 6.93. The third-order valence-electron chi connectivity index (χ3n) is 4.17. The summed E-state index contributed by atoms with van der Waals surface area (Å²) >= 11 is 0. The first-order chi connectivity index (χ1) is 12.2. The van der Waals surface area contributed by atoms with E-state index in [1.165, 1.54) is 0 Å². The minimum Gasteiger partial charge on any atom is -0.357 e. The van der Waals surface area contributed by atoms with Gasteiger partial charge in [-0.2, -0.15) is 4.98 Å². The molecule has 0 spiro atoms. The van der Waals surface area contributed by atoms with E-state index in [1.54, 1.807) is 0 Å². The van der Waals surface area contributed by atoms with Crippen LogP contribution in [0.3, 0.4) is 0 Å². The highest BCUT2D eigenvalue weighted by atomic mass is 127. The average Bonchev–Trinajstić information content (AvgIpc) is 3.21. The summed E-state index contributed by atoms with van der Waals surface area (Å²) in [6.45, 7) is 14.6. The monoisotopic (exact) mass is 492 g/mol. The Morgan fingerprint density at radius 1 is 1.41 bits per heavy atom. The maximum atomic E-state index is 12.1. The number of aliphatic imine (C=N–C) groups is 1. The van der Waals surface area contributed by atoms with Crippen LogP contribution in [0.1, 0.15) is 59.7 Å². The maximum Gasteiger partial charge on any atom is 0.232 e. The molecule has 1 saturated heterocycles. The number of halogens is 1. The van der Waals surface area contributed by atoms with E-state index < -0.39 is 0 Å². The summed E-state index contributed by atoms with van der Waals surface area (Å²) in [6.07, 6.45) is 0.916. The highest BCUT2D eigenvalue weighted by Gasteiger charge is 2.28. The second kappa shape index (κ2) is 10.2. The van der Waals surface area contributed by atoms with E-state index in [4.69, 9.17) is 4.52 Å². The molecule has 1 unspecified atom stereocenters. The minimum absolute atomic E-state index is 0. The van der Waals surface area contributed by atoms with E-state index in [-0.39, 0.29) is 47.3 Å². The van der Waals surface area contributed by atoms with Crippen LogP contribution in [0.2, 0.25) is 0 Å². The number of hydrogen-bond donors (Lipinski definition) is 2. The first-order valence-electron chi connectivity index (χ1n) is 9.37. The van der Waals surface area contributed by atoms with Crippen LogP contribution in [0, 0.1) is 5.92 Å². The number of guanidine groups is 1. The van der Waals surface area contributed by atoms with Crippen molar-refractivity contribution in [3.8, 4) is 0 Å². The number of aromatic nitrogens is 2. The summed E-state index contributed by atoms with van der Waals surface area (Å²) in [7, 11) is 0. The van der Waals surface area contributed by atoms with E-state index >= 15 is 0 Å². The number of amides is 1. The number of hydrogen-bond acceptors (Lipinski definition) is 5. The topological polar surface area (TPSA) is 95.7 Å². The molecular weight excluding hydrogens is 459 g/mol. The van der Waals surface area contributed by atoms with Crippen LogP contribution < -0.4 is 10.6 Å². The minimum atomic E-state index is -0.173. The highest BCUT2D eigenvalue weighted by Crippen LogP contribution is 2.19. The smallest absolute Gasteiger partial charge is 0.232 e. The largest absolute Gasteiger partial charge is 0.357 e. The van der Waals surface area contributed by atoms with Crippen molar-refractivity contribution in [2.75, 3.05) is 19.6 Å². The van der Waals surface area contributed by atoms with Crippen molar-refractivity contribution in [3.63, 3.8) is 0 Å². The molecule has 2 rings (SSSR count). The first kappa shape index (κ1) is 23.6. The number of carbonyl (C=O) groups is 1. The Balaban J connectivity index is 0.00000364. The molecule has 2 N–H and O–H groups in total. The number of nitrogens with zero attached hydrogens (tertiary/aromatic N) is 4. The molecule has 1 aromatic heterocycles. The Morgan fingerprint density at radius 2 is 2.11 bits per heavy atom. The van der Waals surface area contributed by atoms with E-state index in [0.717, 1.165) is 19.5 Å². The lowest BCUT2D eigenvalue weighted by Gasteiger charge is -2.20. The van der Waals surface area contributed by atoms with Gasteiger partial charge in [-0.25, -0.2) is 4.99 Å². The normalized spacial score (nSPS) is 17.8. The summed E-state index contributed by atoms with van der Waals surface area (Å²) in [5.41, 5.74) is -0.173. The Kier molecular flexibility index (Phi) is 8.97. The van der Waals surface area contributed by atoms with Crippen LogP contribution in [0.25, 0.3) is 0 Å². The molecular formula is C18H33IN6O2. The number of rotatable bonds is 5. The zero-order valence-electron chi connectivity index (χ0n) is 17.2. The van der Waals surface area contributed by atoms with E-state index in [9.17, 15) is 4.79 Å². The molecule has 1 fully saturated rings. The second-order valence-electron chi connectivity index (χ2n) is 8.03. The average molecular weight is 492 g/mol. The van der Waals surface area contributed by atoms with Crippen LogP contribution in [-0.2, 0) is 16.8 Å². The fourth-order valence-electron chi connectivity index (χ4n) is 2.73. The quantitative estimate of drug-likeness (QED) is 0.372. The van der Waals surface area contributed by atoms with Crippen LogP contribution in [-0.4, -0.2) is 52.6 Å². The van der Waals surface area contributed by atoms with Gasteiger partial charge in [0.1, 0.15) is 6.54 Å². The Labute approximate surface area is 179 Å². The molecule has 1 aliphatic rings. The molecule has 1 amide bonds. The third-order valence-corrected chi connectivity index (χ3v) is 4.17. The first-order valence-corrected chi connectivity index (χ1v) is 9.37.